The van der Waals surface area contributed by atoms with E-state index in [9.17, 15) is 4.79 Å². The monoisotopic (exact) mass is 331 g/mol. The maximum Gasteiger partial charge on any atom is 0.277 e. The van der Waals surface area contributed by atoms with Crippen LogP contribution in [0.25, 0.3) is 0 Å². The first-order chi connectivity index (χ1) is 11.8. The molecular formula is C16H21N5O3. The van der Waals surface area contributed by atoms with Crippen molar-refractivity contribution in [3.8, 4) is 0 Å². The van der Waals surface area contributed by atoms with Crippen molar-refractivity contribution in [2.45, 2.75) is 25.3 Å². The first-order valence-electron chi connectivity index (χ1n) is 8.38. The number of hydrogen-bond acceptors (Lipinski definition) is 6. The zero-order valence-corrected chi connectivity index (χ0v) is 13.5. The van der Waals surface area contributed by atoms with E-state index in [4.69, 9.17) is 9.26 Å². The molecule has 128 valence electrons. The summed E-state index contributed by atoms with van der Waals surface area (Å²) in [5.41, 5.74) is 0.982. The average Bonchev–Trinajstić information content (AvgIpc) is 3.17. The highest BCUT2D eigenvalue weighted by Crippen LogP contribution is 2.40. The van der Waals surface area contributed by atoms with E-state index in [0.717, 1.165) is 58.0 Å². The normalized spacial score (nSPS) is 18.7. The molecule has 1 saturated carbocycles. The molecule has 1 aliphatic heterocycles. The Bertz CT molecular complexity index is 700. The van der Waals surface area contributed by atoms with Crippen molar-refractivity contribution in [1.29, 1.82) is 0 Å². The molecule has 2 fully saturated rings. The van der Waals surface area contributed by atoms with Gasteiger partial charge in [-0.1, -0.05) is 5.16 Å². The highest BCUT2D eigenvalue weighted by atomic mass is 16.5. The van der Waals surface area contributed by atoms with E-state index < -0.39 is 0 Å². The van der Waals surface area contributed by atoms with Crippen LogP contribution in [0.5, 0.6) is 0 Å². The quantitative estimate of drug-likeness (QED) is 0.859. The third-order valence-electron chi connectivity index (χ3n) is 4.38. The van der Waals surface area contributed by atoms with Crippen LogP contribution in [0.4, 0.5) is 5.69 Å². The summed E-state index contributed by atoms with van der Waals surface area (Å²) >= 11 is 0. The molecule has 2 aromatic heterocycles. The van der Waals surface area contributed by atoms with Gasteiger partial charge in [0.1, 0.15) is 5.76 Å². The first kappa shape index (κ1) is 15.3. The van der Waals surface area contributed by atoms with Gasteiger partial charge in [-0.25, -0.2) is 0 Å². The summed E-state index contributed by atoms with van der Waals surface area (Å²) in [6.45, 7) is 5.21. The maximum absolute atomic E-state index is 12.2. The number of carbonyl (C=O) groups is 1. The largest absolute Gasteiger partial charge is 0.379 e. The number of rotatable bonds is 6. The molecule has 0 spiro atoms. The predicted molar refractivity (Wildman–Crippen MR) is 85.9 cm³/mol. The summed E-state index contributed by atoms with van der Waals surface area (Å²) in [5, 5.41) is 10.9. The van der Waals surface area contributed by atoms with E-state index in [-0.39, 0.29) is 5.91 Å². The van der Waals surface area contributed by atoms with Crippen LogP contribution in [0.2, 0.25) is 0 Å². The van der Waals surface area contributed by atoms with Gasteiger partial charge in [0.2, 0.25) is 0 Å². The van der Waals surface area contributed by atoms with Crippen molar-refractivity contribution in [2.75, 3.05) is 38.2 Å². The topological polar surface area (TPSA) is 85.4 Å². The van der Waals surface area contributed by atoms with Gasteiger partial charge >= 0.3 is 0 Å². The summed E-state index contributed by atoms with van der Waals surface area (Å²) in [5.74, 6) is 0.988. The van der Waals surface area contributed by atoms with Crippen molar-refractivity contribution in [3.05, 3.63) is 29.9 Å². The van der Waals surface area contributed by atoms with Gasteiger partial charge in [0, 0.05) is 37.8 Å². The minimum atomic E-state index is -0.265. The zero-order chi connectivity index (χ0) is 16.4. The SMILES string of the molecule is O=C(Nc1cnn(CCN2CCOCC2)c1)c1cc(C2CC2)on1. The van der Waals surface area contributed by atoms with Gasteiger partial charge in [0.05, 0.1) is 31.6 Å². The number of ether oxygens (including phenoxy) is 1. The Labute approximate surface area is 139 Å². The van der Waals surface area contributed by atoms with Gasteiger partial charge in [0.15, 0.2) is 5.69 Å². The number of hydrogen-bond donors (Lipinski definition) is 1. The van der Waals surface area contributed by atoms with Crippen LogP contribution in [-0.2, 0) is 11.3 Å². The molecule has 4 rings (SSSR count). The molecule has 2 aromatic rings. The zero-order valence-electron chi connectivity index (χ0n) is 13.5. The van der Waals surface area contributed by atoms with Crippen molar-refractivity contribution in [1.82, 2.24) is 19.8 Å². The van der Waals surface area contributed by atoms with E-state index in [1.165, 1.54) is 0 Å². The molecule has 1 aliphatic carbocycles. The van der Waals surface area contributed by atoms with E-state index in [1.54, 1.807) is 12.3 Å². The predicted octanol–water partition coefficient (Wildman–Crippen LogP) is 1.33. The highest BCUT2D eigenvalue weighted by molar-refractivity contribution is 6.02. The molecule has 8 nitrogen and oxygen atoms in total. The Morgan fingerprint density at radius 1 is 1.29 bits per heavy atom. The number of carbonyl (C=O) groups excluding carboxylic acids is 1. The summed E-state index contributed by atoms with van der Waals surface area (Å²) in [6.07, 6.45) is 5.72. The second kappa shape index (κ2) is 6.74. The molecule has 1 amide bonds. The van der Waals surface area contributed by atoms with E-state index in [2.05, 4.69) is 20.5 Å². The van der Waals surface area contributed by atoms with Gasteiger partial charge in [-0.2, -0.15) is 5.10 Å². The van der Waals surface area contributed by atoms with Crippen LogP contribution in [0.1, 0.15) is 35.0 Å². The number of amides is 1. The van der Waals surface area contributed by atoms with Crippen LogP contribution < -0.4 is 5.32 Å². The number of nitrogens with zero attached hydrogens (tertiary/aromatic N) is 4. The summed E-state index contributed by atoms with van der Waals surface area (Å²) in [6, 6.07) is 1.73. The Balaban J connectivity index is 1.29. The molecule has 0 radical (unpaired) electrons. The van der Waals surface area contributed by atoms with Crippen LogP contribution >= 0.6 is 0 Å². The lowest BCUT2D eigenvalue weighted by atomic mass is 10.3. The Morgan fingerprint density at radius 3 is 2.92 bits per heavy atom. The second-order valence-electron chi connectivity index (χ2n) is 6.29. The Morgan fingerprint density at radius 2 is 2.12 bits per heavy atom. The fourth-order valence-electron chi connectivity index (χ4n) is 2.77. The first-order valence-corrected chi connectivity index (χ1v) is 8.38. The molecule has 0 unspecified atom stereocenters. The fraction of sp³-hybridized carbons (Fsp3) is 0.562. The fourth-order valence-corrected chi connectivity index (χ4v) is 2.77. The van der Waals surface area contributed by atoms with Gasteiger partial charge < -0.3 is 14.6 Å². The third kappa shape index (κ3) is 3.65. The summed E-state index contributed by atoms with van der Waals surface area (Å²) in [4.78, 5) is 14.5. The number of anilines is 1. The van der Waals surface area contributed by atoms with Crippen LogP contribution in [-0.4, -0.2) is 58.6 Å². The van der Waals surface area contributed by atoms with Crippen molar-refractivity contribution < 1.29 is 14.1 Å². The molecule has 2 aliphatic rings. The second-order valence-corrected chi connectivity index (χ2v) is 6.29. The van der Waals surface area contributed by atoms with E-state index >= 15 is 0 Å². The van der Waals surface area contributed by atoms with E-state index in [1.807, 2.05) is 10.9 Å². The number of nitrogens with one attached hydrogen (secondary N) is 1. The molecule has 8 heteroatoms. The minimum Gasteiger partial charge on any atom is -0.379 e. The molecule has 0 atom stereocenters. The molecule has 0 aromatic carbocycles. The van der Waals surface area contributed by atoms with E-state index in [0.29, 0.717) is 17.3 Å². The molecule has 1 N–H and O–H groups in total. The van der Waals surface area contributed by atoms with Crippen molar-refractivity contribution >= 4 is 11.6 Å². The lowest BCUT2D eigenvalue weighted by Crippen LogP contribution is -2.38. The number of aromatic nitrogens is 3. The average molecular weight is 331 g/mol. The van der Waals surface area contributed by atoms with Crippen LogP contribution in [0.15, 0.2) is 23.0 Å². The Hall–Kier alpha value is -2.19. The maximum atomic E-state index is 12.2. The molecule has 3 heterocycles. The molecular weight excluding hydrogens is 310 g/mol. The van der Waals surface area contributed by atoms with Crippen LogP contribution in [0, 0.1) is 0 Å². The number of morpholine rings is 1. The standard InChI is InChI=1S/C16H21N5O3/c22-16(14-9-15(24-19-14)12-1-2-12)18-13-10-17-21(11-13)4-3-20-5-7-23-8-6-20/h9-12H,1-8H2,(H,18,22). The molecule has 1 saturated heterocycles. The smallest absolute Gasteiger partial charge is 0.277 e. The van der Waals surface area contributed by atoms with Crippen LogP contribution in [0.3, 0.4) is 0 Å². The lowest BCUT2D eigenvalue weighted by molar-refractivity contribution is 0.0360. The third-order valence-corrected chi connectivity index (χ3v) is 4.38. The Kier molecular flexibility index (Phi) is 4.31. The molecule has 24 heavy (non-hydrogen) atoms. The molecule has 0 bridgehead atoms. The van der Waals surface area contributed by atoms with Gasteiger partial charge in [-0.15, -0.1) is 0 Å². The van der Waals surface area contributed by atoms with Crippen molar-refractivity contribution in [3.63, 3.8) is 0 Å². The van der Waals surface area contributed by atoms with Gasteiger partial charge in [0.25, 0.3) is 5.91 Å². The summed E-state index contributed by atoms with van der Waals surface area (Å²) in [7, 11) is 0. The van der Waals surface area contributed by atoms with Crippen molar-refractivity contribution in [2.24, 2.45) is 0 Å². The summed E-state index contributed by atoms with van der Waals surface area (Å²) < 4.78 is 12.4. The lowest BCUT2D eigenvalue weighted by Gasteiger charge is -2.26. The van der Waals surface area contributed by atoms with Gasteiger partial charge in [-0.05, 0) is 12.8 Å². The van der Waals surface area contributed by atoms with Gasteiger partial charge in [-0.3, -0.25) is 14.4 Å². The highest BCUT2D eigenvalue weighted by Gasteiger charge is 2.28. The minimum absolute atomic E-state index is 0.265.